The maximum atomic E-state index is 12.4. The number of amides is 1. The third-order valence-corrected chi connectivity index (χ3v) is 4.10. The first-order valence-corrected chi connectivity index (χ1v) is 7.92. The number of fused-ring (bicyclic) bond motifs is 1. The molecule has 24 heavy (non-hydrogen) atoms. The predicted octanol–water partition coefficient (Wildman–Crippen LogP) is 2.96. The number of anilines is 1. The van der Waals surface area contributed by atoms with Crippen LogP contribution in [0.1, 0.15) is 29.2 Å². The van der Waals surface area contributed by atoms with E-state index in [2.05, 4.69) is 11.4 Å². The molecule has 0 radical (unpaired) electrons. The molecule has 2 aromatic carbocycles. The molecule has 5 nitrogen and oxygen atoms in total. The molecule has 5 heteroatoms. The van der Waals surface area contributed by atoms with Crippen LogP contribution in [0.2, 0.25) is 0 Å². The maximum Gasteiger partial charge on any atom is 0.307 e. The molecule has 3 rings (SSSR count). The number of ether oxygens (including phenoxy) is 1. The summed E-state index contributed by atoms with van der Waals surface area (Å²) in [5.41, 5.74) is 3.39. The van der Waals surface area contributed by atoms with E-state index in [1.807, 2.05) is 18.2 Å². The monoisotopic (exact) mass is 325 g/mol. The van der Waals surface area contributed by atoms with Gasteiger partial charge < -0.3 is 15.2 Å². The molecule has 0 spiro atoms. The number of para-hydroxylation sites is 1. The van der Waals surface area contributed by atoms with Crippen LogP contribution in [0.4, 0.5) is 5.69 Å². The Bertz CT molecular complexity index is 757. The van der Waals surface area contributed by atoms with Crippen molar-refractivity contribution in [2.75, 3.05) is 11.9 Å². The first kappa shape index (κ1) is 16.2. The first-order valence-electron chi connectivity index (χ1n) is 7.92. The van der Waals surface area contributed by atoms with E-state index >= 15 is 0 Å². The summed E-state index contributed by atoms with van der Waals surface area (Å²) in [6.45, 7) is 0.602. The zero-order valence-corrected chi connectivity index (χ0v) is 13.2. The van der Waals surface area contributed by atoms with Gasteiger partial charge in [0.15, 0.2) is 0 Å². The molecule has 1 atom stereocenters. The number of rotatable bonds is 5. The highest BCUT2D eigenvalue weighted by molar-refractivity contribution is 5.92. The number of aliphatic carboxylic acids is 1. The Kier molecular flexibility index (Phi) is 4.91. The van der Waals surface area contributed by atoms with E-state index in [1.165, 1.54) is 5.56 Å². The topological polar surface area (TPSA) is 75.6 Å². The summed E-state index contributed by atoms with van der Waals surface area (Å²) in [4.78, 5) is 23.3. The molecule has 0 aromatic heterocycles. The average Bonchev–Trinajstić information content (AvgIpc) is 2.56. The van der Waals surface area contributed by atoms with Crippen LogP contribution in [0, 0.1) is 0 Å². The van der Waals surface area contributed by atoms with Crippen LogP contribution < -0.4 is 5.32 Å². The molecule has 0 saturated heterocycles. The smallest absolute Gasteiger partial charge is 0.307 e. The Morgan fingerprint density at radius 1 is 1.12 bits per heavy atom. The van der Waals surface area contributed by atoms with E-state index in [4.69, 9.17) is 9.84 Å². The third-order valence-electron chi connectivity index (χ3n) is 4.10. The zero-order chi connectivity index (χ0) is 16.9. The molecule has 0 fully saturated rings. The number of benzene rings is 2. The van der Waals surface area contributed by atoms with Crippen molar-refractivity contribution in [2.24, 2.45) is 0 Å². The van der Waals surface area contributed by atoms with Crippen molar-refractivity contribution in [1.29, 1.82) is 0 Å². The Morgan fingerprint density at radius 3 is 2.71 bits per heavy atom. The summed E-state index contributed by atoms with van der Waals surface area (Å²) in [5.74, 6) is -1.12. The van der Waals surface area contributed by atoms with E-state index in [9.17, 15) is 9.59 Å². The van der Waals surface area contributed by atoms with Crippen molar-refractivity contribution < 1.29 is 19.4 Å². The molecule has 1 unspecified atom stereocenters. The van der Waals surface area contributed by atoms with E-state index in [1.54, 1.807) is 24.3 Å². The SMILES string of the molecule is O=C(O)Cc1ccccc1NC(=O)CC1OCCc2ccccc21. The molecule has 0 saturated carbocycles. The quantitative estimate of drug-likeness (QED) is 0.886. The molecule has 2 aromatic rings. The summed E-state index contributed by atoms with van der Waals surface area (Å²) < 4.78 is 5.75. The largest absolute Gasteiger partial charge is 0.481 e. The summed E-state index contributed by atoms with van der Waals surface area (Å²) in [6.07, 6.45) is 0.675. The number of carbonyl (C=O) groups excluding carboxylic acids is 1. The lowest BCUT2D eigenvalue weighted by Crippen LogP contribution is -2.22. The van der Waals surface area contributed by atoms with Gasteiger partial charge in [-0.3, -0.25) is 9.59 Å². The fourth-order valence-electron chi connectivity index (χ4n) is 2.97. The fourth-order valence-corrected chi connectivity index (χ4v) is 2.97. The Labute approximate surface area is 140 Å². The second-order valence-electron chi connectivity index (χ2n) is 5.79. The minimum atomic E-state index is -0.929. The average molecular weight is 325 g/mol. The molecular formula is C19H19NO4. The van der Waals surface area contributed by atoms with Crippen molar-refractivity contribution in [3.05, 3.63) is 65.2 Å². The van der Waals surface area contributed by atoms with E-state index in [-0.39, 0.29) is 24.9 Å². The van der Waals surface area contributed by atoms with Crippen molar-refractivity contribution in [1.82, 2.24) is 0 Å². The van der Waals surface area contributed by atoms with E-state index in [0.29, 0.717) is 17.9 Å². The van der Waals surface area contributed by atoms with Crippen LogP contribution in [-0.4, -0.2) is 23.6 Å². The van der Waals surface area contributed by atoms with Crippen LogP contribution in [0.5, 0.6) is 0 Å². The van der Waals surface area contributed by atoms with Gasteiger partial charge >= 0.3 is 5.97 Å². The van der Waals surface area contributed by atoms with Gasteiger partial charge in [-0.2, -0.15) is 0 Å². The van der Waals surface area contributed by atoms with E-state index in [0.717, 1.165) is 12.0 Å². The summed E-state index contributed by atoms with van der Waals surface area (Å²) in [5, 5.41) is 11.8. The lowest BCUT2D eigenvalue weighted by molar-refractivity contribution is -0.136. The van der Waals surface area contributed by atoms with Crippen molar-refractivity contribution in [3.63, 3.8) is 0 Å². The molecule has 1 aliphatic heterocycles. The lowest BCUT2D eigenvalue weighted by Gasteiger charge is -2.25. The number of carboxylic acid groups (broad SMARTS) is 1. The number of carboxylic acids is 1. The Hall–Kier alpha value is -2.66. The second-order valence-corrected chi connectivity index (χ2v) is 5.79. The highest BCUT2D eigenvalue weighted by atomic mass is 16.5. The van der Waals surface area contributed by atoms with Gasteiger partial charge in [0.1, 0.15) is 0 Å². The standard InChI is InChI=1S/C19H19NO4/c21-18(20-16-8-4-2-6-14(16)11-19(22)23)12-17-15-7-3-1-5-13(15)9-10-24-17/h1-8,17H,9-12H2,(H,20,21)(H,22,23). The van der Waals surface area contributed by atoms with Gasteiger partial charge in [-0.05, 0) is 29.2 Å². The maximum absolute atomic E-state index is 12.4. The molecule has 2 N–H and O–H groups in total. The fraction of sp³-hybridized carbons (Fsp3) is 0.263. The van der Waals surface area contributed by atoms with Crippen molar-refractivity contribution in [3.8, 4) is 0 Å². The molecule has 1 amide bonds. The zero-order valence-electron chi connectivity index (χ0n) is 13.2. The normalized spacial score (nSPS) is 16.2. The van der Waals surface area contributed by atoms with Gasteiger partial charge in [-0.25, -0.2) is 0 Å². The molecular weight excluding hydrogens is 306 g/mol. The van der Waals surface area contributed by atoms with Gasteiger partial charge in [0.05, 0.1) is 25.6 Å². The molecule has 124 valence electrons. The van der Waals surface area contributed by atoms with Crippen LogP contribution in [-0.2, 0) is 27.2 Å². The highest BCUT2D eigenvalue weighted by Gasteiger charge is 2.23. The summed E-state index contributed by atoms with van der Waals surface area (Å²) >= 11 is 0. The predicted molar refractivity (Wildman–Crippen MR) is 89.9 cm³/mol. The van der Waals surface area contributed by atoms with Gasteiger partial charge in [0, 0.05) is 5.69 Å². The third kappa shape index (κ3) is 3.81. The van der Waals surface area contributed by atoms with Crippen molar-refractivity contribution in [2.45, 2.75) is 25.4 Å². The van der Waals surface area contributed by atoms with Crippen LogP contribution in [0.3, 0.4) is 0 Å². The minimum absolute atomic E-state index is 0.126. The number of hydrogen-bond donors (Lipinski definition) is 2. The van der Waals surface area contributed by atoms with Crippen molar-refractivity contribution >= 4 is 17.6 Å². The van der Waals surface area contributed by atoms with Gasteiger partial charge in [0.2, 0.25) is 5.91 Å². The summed E-state index contributed by atoms with van der Waals surface area (Å²) in [6, 6.07) is 14.9. The Morgan fingerprint density at radius 2 is 1.88 bits per heavy atom. The van der Waals surface area contributed by atoms with Gasteiger partial charge in [0.25, 0.3) is 0 Å². The van der Waals surface area contributed by atoms with E-state index < -0.39 is 5.97 Å². The van der Waals surface area contributed by atoms with Gasteiger partial charge in [-0.1, -0.05) is 42.5 Å². The van der Waals surface area contributed by atoms with Gasteiger partial charge in [-0.15, -0.1) is 0 Å². The number of carbonyl (C=O) groups is 2. The molecule has 0 aliphatic carbocycles. The van der Waals surface area contributed by atoms with Crippen LogP contribution in [0.15, 0.2) is 48.5 Å². The Balaban J connectivity index is 1.70. The summed E-state index contributed by atoms with van der Waals surface area (Å²) in [7, 11) is 0. The second kappa shape index (κ2) is 7.27. The van der Waals surface area contributed by atoms with Crippen LogP contribution in [0.25, 0.3) is 0 Å². The number of nitrogens with one attached hydrogen (secondary N) is 1. The lowest BCUT2D eigenvalue weighted by atomic mass is 9.95. The molecule has 1 aliphatic rings. The van der Waals surface area contributed by atoms with Crippen LogP contribution >= 0.6 is 0 Å². The number of hydrogen-bond acceptors (Lipinski definition) is 3. The first-order chi connectivity index (χ1) is 11.6. The molecule has 1 heterocycles. The highest BCUT2D eigenvalue weighted by Crippen LogP contribution is 2.30. The molecule has 0 bridgehead atoms. The minimum Gasteiger partial charge on any atom is -0.481 e.